The lowest BCUT2D eigenvalue weighted by molar-refractivity contribution is -0.117. The lowest BCUT2D eigenvalue weighted by atomic mass is 9.97. The number of benzene rings is 2. The molecule has 22 heavy (non-hydrogen) atoms. The normalized spacial score (nSPS) is 23.5. The van der Waals surface area contributed by atoms with Crippen molar-refractivity contribution in [2.45, 2.75) is 25.4 Å². The fourth-order valence-electron chi connectivity index (χ4n) is 3.60. The van der Waals surface area contributed by atoms with Crippen LogP contribution in [0.5, 0.6) is 0 Å². The summed E-state index contributed by atoms with van der Waals surface area (Å²) >= 11 is 0. The third-order valence-electron chi connectivity index (χ3n) is 4.62. The van der Waals surface area contributed by atoms with E-state index < -0.39 is 5.66 Å². The first kappa shape index (κ1) is 13.1. The van der Waals surface area contributed by atoms with Gasteiger partial charge in [-0.05, 0) is 37.6 Å². The molecular formula is C18H16N2O2. The number of carbonyl (C=O) groups is 2. The van der Waals surface area contributed by atoms with Crippen LogP contribution in [0, 0.1) is 0 Å². The SMILES string of the molecule is C[C@]12CCC(=O)N1c1ccccc1C(=O)N2c1ccccc1. The molecule has 4 rings (SSSR count). The molecule has 0 bridgehead atoms. The summed E-state index contributed by atoms with van der Waals surface area (Å²) in [6.45, 7) is 1.97. The Labute approximate surface area is 129 Å². The Hall–Kier alpha value is -2.62. The van der Waals surface area contributed by atoms with Crippen molar-refractivity contribution >= 4 is 23.2 Å². The predicted molar refractivity (Wildman–Crippen MR) is 84.8 cm³/mol. The maximum Gasteiger partial charge on any atom is 0.262 e. The van der Waals surface area contributed by atoms with Gasteiger partial charge in [-0.2, -0.15) is 0 Å². The zero-order chi connectivity index (χ0) is 15.3. The summed E-state index contributed by atoms with van der Waals surface area (Å²) < 4.78 is 0. The van der Waals surface area contributed by atoms with Gasteiger partial charge in [0.2, 0.25) is 5.91 Å². The van der Waals surface area contributed by atoms with Crippen molar-refractivity contribution in [3.8, 4) is 0 Å². The fourth-order valence-corrected chi connectivity index (χ4v) is 3.60. The number of rotatable bonds is 1. The van der Waals surface area contributed by atoms with E-state index in [9.17, 15) is 9.59 Å². The molecule has 4 nitrogen and oxygen atoms in total. The van der Waals surface area contributed by atoms with E-state index in [1.165, 1.54) is 0 Å². The summed E-state index contributed by atoms with van der Waals surface area (Å²) in [5.41, 5.74) is 1.50. The second kappa shape index (κ2) is 4.44. The smallest absolute Gasteiger partial charge is 0.262 e. The number of para-hydroxylation sites is 2. The van der Waals surface area contributed by atoms with Crippen molar-refractivity contribution in [3.05, 3.63) is 60.2 Å². The minimum Gasteiger partial charge on any atom is -0.288 e. The second-order valence-electron chi connectivity index (χ2n) is 5.94. The highest BCUT2D eigenvalue weighted by atomic mass is 16.2. The van der Waals surface area contributed by atoms with Crippen molar-refractivity contribution in [1.29, 1.82) is 0 Å². The van der Waals surface area contributed by atoms with Gasteiger partial charge in [0.05, 0.1) is 11.3 Å². The minimum absolute atomic E-state index is 0.0461. The summed E-state index contributed by atoms with van der Waals surface area (Å²) in [6, 6.07) is 16.9. The van der Waals surface area contributed by atoms with Gasteiger partial charge in [-0.25, -0.2) is 0 Å². The number of hydrogen-bond acceptors (Lipinski definition) is 2. The highest BCUT2D eigenvalue weighted by Crippen LogP contribution is 2.45. The van der Waals surface area contributed by atoms with E-state index in [-0.39, 0.29) is 11.8 Å². The van der Waals surface area contributed by atoms with Crippen molar-refractivity contribution in [2.75, 3.05) is 9.80 Å². The molecule has 2 aliphatic rings. The molecule has 2 heterocycles. The number of nitrogens with zero attached hydrogens (tertiary/aromatic N) is 2. The molecule has 0 aromatic heterocycles. The number of amides is 2. The molecule has 1 fully saturated rings. The third kappa shape index (κ3) is 1.58. The number of carbonyl (C=O) groups excluding carboxylic acids is 2. The Morgan fingerprint density at radius 1 is 0.909 bits per heavy atom. The Balaban J connectivity index is 1.97. The number of hydrogen-bond donors (Lipinski definition) is 0. The Morgan fingerprint density at radius 3 is 2.36 bits per heavy atom. The van der Waals surface area contributed by atoms with Crippen molar-refractivity contribution in [3.63, 3.8) is 0 Å². The van der Waals surface area contributed by atoms with Crippen LogP contribution in [0.4, 0.5) is 11.4 Å². The van der Waals surface area contributed by atoms with Crippen LogP contribution >= 0.6 is 0 Å². The Morgan fingerprint density at radius 2 is 1.59 bits per heavy atom. The molecule has 2 aromatic rings. The lowest BCUT2D eigenvalue weighted by Crippen LogP contribution is -2.62. The summed E-state index contributed by atoms with van der Waals surface area (Å²) in [5, 5.41) is 0. The first-order valence-corrected chi connectivity index (χ1v) is 7.45. The van der Waals surface area contributed by atoms with Crippen LogP contribution in [0.2, 0.25) is 0 Å². The van der Waals surface area contributed by atoms with Crippen LogP contribution in [-0.2, 0) is 4.79 Å². The van der Waals surface area contributed by atoms with Crippen molar-refractivity contribution in [1.82, 2.24) is 0 Å². The molecular weight excluding hydrogens is 276 g/mol. The molecule has 2 aliphatic heterocycles. The third-order valence-corrected chi connectivity index (χ3v) is 4.62. The lowest BCUT2D eigenvalue weighted by Gasteiger charge is -2.48. The molecule has 0 N–H and O–H groups in total. The predicted octanol–water partition coefficient (Wildman–Crippen LogP) is 3.19. The van der Waals surface area contributed by atoms with Crippen molar-refractivity contribution in [2.24, 2.45) is 0 Å². The number of anilines is 2. The maximum absolute atomic E-state index is 13.1. The van der Waals surface area contributed by atoms with Gasteiger partial charge in [-0.1, -0.05) is 30.3 Å². The zero-order valence-electron chi connectivity index (χ0n) is 12.3. The quantitative estimate of drug-likeness (QED) is 0.810. The number of fused-ring (bicyclic) bond motifs is 3. The van der Waals surface area contributed by atoms with E-state index in [4.69, 9.17) is 0 Å². The molecule has 0 saturated carbocycles. The average molecular weight is 292 g/mol. The van der Waals surface area contributed by atoms with Crippen LogP contribution < -0.4 is 9.80 Å². The van der Waals surface area contributed by atoms with E-state index in [1.807, 2.05) is 55.5 Å². The monoisotopic (exact) mass is 292 g/mol. The summed E-state index contributed by atoms with van der Waals surface area (Å²) in [6.07, 6.45) is 1.10. The first-order chi connectivity index (χ1) is 10.6. The molecule has 110 valence electrons. The van der Waals surface area contributed by atoms with Crippen LogP contribution in [-0.4, -0.2) is 17.5 Å². The Bertz CT molecular complexity index is 772. The molecule has 2 amide bonds. The van der Waals surface area contributed by atoms with Gasteiger partial charge in [0.25, 0.3) is 5.91 Å². The summed E-state index contributed by atoms with van der Waals surface area (Å²) in [7, 11) is 0. The molecule has 0 unspecified atom stereocenters. The maximum atomic E-state index is 13.1. The highest BCUT2D eigenvalue weighted by molar-refractivity contribution is 6.17. The molecule has 0 aliphatic carbocycles. The van der Waals surface area contributed by atoms with Gasteiger partial charge in [0, 0.05) is 12.1 Å². The van der Waals surface area contributed by atoms with Crippen LogP contribution in [0.25, 0.3) is 0 Å². The van der Waals surface area contributed by atoms with E-state index in [0.29, 0.717) is 18.4 Å². The van der Waals surface area contributed by atoms with E-state index >= 15 is 0 Å². The van der Waals surface area contributed by atoms with Gasteiger partial charge in [0.1, 0.15) is 5.66 Å². The van der Waals surface area contributed by atoms with E-state index in [1.54, 1.807) is 15.9 Å². The summed E-state index contributed by atoms with van der Waals surface area (Å²) in [5.74, 6) is 0.0265. The van der Waals surface area contributed by atoms with Gasteiger partial charge in [-0.15, -0.1) is 0 Å². The molecule has 2 aromatic carbocycles. The largest absolute Gasteiger partial charge is 0.288 e. The molecule has 1 atom stereocenters. The molecule has 4 heteroatoms. The van der Waals surface area contributed by atoms with Crippen molar-refractivity contribution < 1.29 is 9.59 Å². The first-order valence-electron chi connectivity index (χ1n) is 7.45. The summed E-state index contributed by atoms with van der Waals surface area (Å²) in [4.78, 5) is 29.1. The van der Waals surface area contributed by atoms with Crippen LogP contribution in [0.1, 0.15) is 30.1 Å². The topological polar surface area (TPSA) is 40.6 Å². The Kier molecular flexibility index (Phi) is 2.64. The minimum atomic E-state index is -0.635. The molecule has 0 radical (unpaired) electrons. The van der Waals surface area contributed by atoms with E-state index in [0.717, 1.165) is 11.4 Å². The zero-order valence-corrected chi connectivity index (χ0v) is 12.3. The molecule has 1 saturated heterocycles. The molecule has 0 spiro atoms. The second-order valence-corrected chi connectivity index (χ2v) is 5.94. The van der Waals surface area contributed by atoms with Gasteiger partial charge in [-0.3, -0.25) is 19.4 Å². The average Bonchev–Trinajstić information content (AvgIpc) is 2.84. The van der Waals surface area contributed by atoms with Crippen LogP contribution in [0.15, 0.2) is 54.6 Å². The van der Waals surface area contributed by atoms with Crippen LogP contribution in [0.3, 0.4) is 0 Å². The van der Waals surface area contributed by atoms with Gasteiger partial charge in [0.15, 0.2) is 0 Å². The standard InChI is InChI=1S/C18H16N2O2/c1-18-12-11-16(21)20(18)15-10-6-5-9-14(15)17(22)19(18)13-7-3-2-4-8-13/h2-10H,11-12H2,1H3/t18-/m1/s1. The van der Waals surface area contributed by atoms with E-state index in [2.05, 4.69) is 0 Å². The highest BCUT2D eigenvalue weighted by Gasteiger charge is 2.53. The van der Waals surface area contributed by atoms with Gasteiger partial charge >= 0.3 is 0 Å². The fraction of sp³-hybridized carbons (Fsp3) is 0.222. The van der Waals surface area contributed by atoms with Gasteiger partial charge < -0.3 is 0 Å².